The third-order valence-electron chi connectivity index (χ3n) is 4.44. The molecule has 0 spiro atoms. The molecule has 3 heteroatoms. The zero-order valence-corrected chi connectivity index (χ0v) is 12.3. The van der Waals surface area contributed by atoms with Crippen molar-refractivity contribution < 1.29 is 4.79 Å². The van der Waals surface area contributed by atoms with Crippen LogP contribution in [0.4, 0.5) is 0 Å². The molecule has 1 N–H and O–H groups in total. The maximum Gasteiger partial charge on any atom is 0.255 e. The van der Waals surface area contributed by atoms with E-state index in [9.17, 15) is 4.79 Å². The van der Waals surface area contributed by atoms with Crippen LogP contribution >= 0.6 is 0 Å². The lowest BCUT2D eigenvalue weighted by molar-refractivity contribution is 0.0759. The van der Waals surface area contributed by atoms with E-state index < -0.39 is 0 Å². The summed E-state index contributed by atoms with van der Waals surface area (Å²) in [6.07, 6.45) is 5.27. The van der Waals surface area contributed by atoms with Gasteiger partial charge >= 0.3 is 0 Å². The second-order valence-corrected chi connectivity index (χ2v) is 6.56. The summed E-state index contributed by atoms with van der Waals surface area (Å²) in [5.74, 6) is 0.163. The summed E-state index contributed by atoms with van der Waals surface area (Å²) < 4.78 is 0. The number of amides is 1. The van der Waals surface area contributed by atoms with Crippen LogP contribution in [0.15, 0.2) is 30.5 Å². The van der Waals surface area contributed by atoms with Crippen LogP contribution in [0.3, 0.4) is 0 Å². The van der Waals surface area contributed by atoms with Gasteiger partial charge in [-0.2, -0.15) is 0 Å². The first-order valence-electron chi connectivity index (χ1n) is 7.42. The molecule has 1 saturated heterocycles. The van der Waals surface area contributed by atoms with Gasteiger partial charge in [0, 0.05) is 24.7 Å². The van der Waals surface area contributed by atoms with Crippen LogP contribution in [0.5, 0.6) is 0 Å². The Bertz CT molecular complexity index is 627. The Kier molecular flexibility index (Phi) is 3.28. The summed E-state index contributed by atoms with van der Waals surface area (Å²) in [6, 6.07) is 7.94. The maximum atomic E-state index is 12.8. The van der Waals surface area contributed by atoms with Crippen molar-refractivity contribution in [3.63, 3.8) is 0 Å². The number of H-pyrrole nitrogens is 1. The third-order valence-corrected chi connectivity index (χ3v) is 4.44. The number of nitrogens with one attached hydrogen (secondary N) is 1. The Morgan fingerprint density at radius 1 is 1.20 bits per heavy atom. The van der Waals surface area contributed by atoms with Gasteiger partial charge in [0.1, 0.15) is 0 Å². The number of fused-ring (bicyclic) bond motifs is 1. The second-order valence-electron chi connectivity index (χ2n) is 6.56. The monoisotopic (exact) mass is 270 g/mol. The van der Waals surface area contributed by atoms with Crippen LogP contribution in [-0.4, -0.2) is 28.9 Å². The number of rotatable bonds is 1. The van der Waals surface area contributed by atoms with E-state index in [1.807, 2.05) is 35.4 Å². The Morgan fingerprint density at radius 2 is 2.05 bits per heavy atom. The van der Waals surface area contributed by atoms with E-state index in [2.05, 4.69) is 18.8 Å². The summed E-state index contributed by atoms with van der Waals surface area (Å²) in [5.41, 5.74) is 2.11. The molecule has 106 valence electrons. The van der Waals surface area contributed by atoms with E-state index in [0.29, 0.717) is 5.41 Å². The second kappa shape index (κ2) is 4.97. The summed E-state index contributed by atoms with van der Waals surface area (Å²) >= 11 is 0. The number of aromatic amines is 1. The summed E-state index contributed by atoms with van der Waals surface area (Å²) in [7, 11) is 0. The number of hydrogen-bond donors (Lipinski definition) is 1. The topological polar surface area (TPSA) is 36.1 Å². The largest absolute Gasteiger partial charge is 0.361 e. The highest BCUT2D eigenvalue weighted by molar-refractivity contribution is 6.05. The number of benzene rings is 1. The standard InChI is InChI=1S/C17H22N2O/c1-17(2)8-4-11-19(12-9-17)16(20)14-6-3-5-13-7-10-18-15(13)14/h3,5-7,10,18H,4,8-9,11-12H2,1-2H3. The molecule has 3 nitrogen and oxygen atoms in total. The van der Waals surface area contributed by atoms with Crippen molar-refractivity contribution in [2.24, 2.45) is 5.41 Å². The van der Waals surface area contributed by atoms with Gasteiger partial charge in [-0.1, -0.05) is 26.0 Å². The average Bonchev–Trinajstić information content (AvgIpc) is 2.82. The van der Waals surface area contributed by atoms with Crippen LogP contribution in [0.2, 0.25) is 0 Å². The van der Waals surface area contributed by atoms with Gasteiger partial charge in [-0.05, 0) is 36.8 Å². The van der Waals surface area contributed by atoms with Crippen LogP contribution in [-0.2, 0) is 0 Å². The molecule has 1 aromatic carbocycles. The Hall–Kier alpha value is -1.77. The minimum absolute atomic E-state index is 0.163. The Labute approximate surface area is 120 Å². The molecule has 0 radical (unpaired) electrons. The molecule has 20 heavy (non-hydrogen) atoms. The fourth-order valence-corrected chi connectivity index (χ4v) is 3.06. The molecule has 1 amide bonds. The zero-order chi connectivity index (χ0) is 14.2. The summed E-state index contributed by atoms with van der Waals surface area (Å²) in [4.78, 5) is 18.0. The Balaban J connectivity index is 1.87. The molecule has 1 aliphatic heterocycles. The highest BCUT2D eigenvalue weighted by Crippen LogP contribution is 2.30. The number of para-hydroxylation sites is 1. The quantitative estimate of drug-likeness (QED) is 0.840. The molecule has 0 unspecified atom stereocenters. The van der Waals surface area contributed by atoms with Gasteiger partial charge in [0.15, 0.2) is 0 Å². The molecular formula is C17H22N2O. The lowest BCUT2D eigenvalue weighted by atomic mass is 9.85. The number of carbonyl (C=O) groups is 1. The van der Waals surface area contributed by atoms with Crippen molar-refractivity contribution in [1.82, 2.24) is 9.88 Å². The van der Waals surface area contributed by atoms with Gasteiger partial charge in [0.25, 0.3) is 5.91 Å². The lowest BCUT2D eigenvalue weighted by Gasteiger charge is -2.23. The van der Waals surface area contributed by atoms with Gasteiger partial charge in [0.05, 0.1) is 11.1 Å². The van der Waals surface area contributed by atoms with Gasteiger partial charge in [0.2, 0.25) is 0 Å². The Morgan fingerprint density at radius 3 is 2.90 bits per heavy atom. The molecule has 0 atom stereocenters. The molecule has 1 fully saturated rings. The van der Waals surface area contributed by atoms with E-state index in [4.69, 9.17) is 0 Å². The highest BCUT2D eigenvalue weighted by Gasteiger charge is 2.26. The van der Waals surface area contributed by atoms with Gasteiger partial charge < -0.3 is 9.88 Å². The normalized spacial score (nSPS) is 19.0. The number of aromatic nitrogens is 1. The van der Waals surface area contributed by atoms with Crippen molar-refractivity contribution in [1.29, 1.82) is 0 Å². The molecule has 0 bridgehead atoms. The van der Waals surface area contributed by atoms with Gasteiger partial charge in [-0.15, -0.1) is 0 Å². The van der Waals surface area contributed by atoms with Crippen molar-refractivity contribution >= 4 is 16.8 Å². The number of likely N-dealkylation sites (tertiary alicyclic amines) is 1. The fourth-order valence-electron chi connectivity index (χ4n) is 3.06. The van der Waals surface area contributed by atoms with Gasteiger partial charge in [-0.25, -0.2) is 0 Å². The molecule has 1 aliphatic rings. The van der Waals surface area contributed by atoms with Crippen molar-refractivity contribution in [3.05, 3.63) is 36.0 Å². The minimum atomic E-state index is 0.163. The number of nitrogens with zero attached hydrogens (tertiary/aromatic N) is 1. The molecule has 0 aliphatic carbocycles. The maximum absolute atomic E-state index is 12.8. The predicted molar refractivity (Wildman–Crippen MR) is 81.8 cm³/mol. The summed E-state index contributed by atoms with van der Waals surface area (Å²) in [6.45, 7) is 6.33. The van der Waals surface area contributed by atoms with E-state index in [0.717, 1.165) is 42.4 Å². The third kappa shape index (κ3) is 2.45. The van der Waals surface area contributed by atoms with Crippen molar-refractivity contribution in [3.8, 4) is 0 Å². The average molecular weight is 270 g/mol. The van der Waals surface area contributed by atoms with E-state index in [1.165, 1.54) is 6.42 Å². The predicted octanol–water partition coefficient (Wildman–Crippen LogP) is 3.82. The van der Waals surface area contributed by atoms with E-state index in [1.54, 1.807) is 0 Å². The van der Waals surface area contributed by atoms with Crippen LogP contribution < -0.4 is 0 Å². The van der Waals surface area contributed by atoms with Crippen LogP contribution in [0, 0.1) is 5.41 Å². The smallest absolute Gasteiger partial charge is 0.255 e. The van der Waals surface area contributed by atoms with Crippen molar-refractivity contribution in [2.75, 3.05) is 13.1 Å². The number of carbonyl (C=O) groups excluding carboxylic acids is 1. The minimum Gasteiger partial charge on any atom is -0.361 e. The summed E-state index contributed by atoms with van der Waals surface area (Å²) in [5, 5.41) is 1.10. The molecular weight excluding hydrogens is 248 g/mol. The molecule has 0 saturated carbocycles. The van der Waals surface area contributed by atoms with Crippen LogP contribution in [0.1, 0.15) is 43.5 Å². The van der Waals surface area contributed by atoms with Crippen LogP contribution in [0.25, 0.3) is 10.9 Å². The SMILES string of the molecule is CC1(C)CCCN(C(=O)c2cccc3cc[nH]c23)CC1. The van der Waals surface area contributed by atoms with Crippen molar-refractivity contribution in [2.45, 2.75) is 33.1 Å². The number of hydrogen-bond acceptors (Lipinski definition) is 1. The first-order chi connectivity index (χ1) is 9.57. The molecule has 1 aromatic heterocycles. The van der Waals surface area contributed by atoms with E-state index >= 15 is 0 Å². The van der Waals surface area contributed by atoms with E-state index in [-0.39, 0.29) is 5.91 Å². The molecule has 3 rings (SSSR count). The zero-order valence-electron chi connectivity index (χ0n) is 12.3. The first-order valence-corrected chi connectivity index (χ1v) is 7.42. The molecule has 2 aromatic rings. The van der Waals surface area contributed by atoms with Gasteiger partial charge in [-0.3, -0.25) is 4.79 Å². The first kappa shape index (κ1) is 13.2. The fraction of sp³-hybridized carbons (Fsp3) is 0.471. The highest BCUT2D eigenvalue weighted by atomic mass is 16.2. The lowest BCUT2D eigenvalue weighted by Crippen LogP contribution is -2.32. The molecule has 2 heterocycles.